The minimum absolute atomic E-state index is 0.0194. The fourth-order valence-corrected chi connectivity index (χ4v) is 3.45. The molecule has 0 fully saturated rings. The Bertz CT molecular complexity index is 453. The van der Waals surface area contributed by atoms with Crippen LogP contribution in [0, 0.1) is 17.8 Å². The third-order valence-corrected chi connectivity index (χ3v) is 4.99. The molecule has 0 aliphatic heterocycles. The molecule has 0 unspecified atom stereocenters. The van der Waals surface area contributed by atoms with E-state index in [1.54, 1.807) is 0 Å². The molecule has 25 heavy (non-hydrogen) atoms. The van der Waals surface area contributed by atoms with Crippen LogP contribution in [0.1, 0.15) is 77.6 Å². The Morgan fingerprint density at radius 2 is 1.76 bits per heavy atom. The highest BCUT2D eigenvalue weighted by molar-refractivity contribution is 5.71. The molecule has 0 aromatic heterocycles. The number of rotatable bonds is 13. The van der Waals surface area contributed by atoms with Crippen LogP contribution in [-0.4, -0.2) is 22.2 Å². The van der Waals surface area contributed by atoms with Crippen LogP contribution in [0.25, 0.3) is 0 Å². The predicted molar refractivity (Wildman–Crippen MR) is 100 cm³/mol. The molecule has 3 atom stereocenters. The van der Waals surface area contributed by atoms with Crippen molar-refractivity contribution in [3.8, 4) is 0 Å². The van der Waals surface area contributed by atoms with Crippen molar-refractivity contribution in [1.82, 2.24) is 0 Å². The lowest BCUT2D eigenvalue weighted by Gasteiger charge is -2.27. The number of carboxylic acid groups (broad SMARTS) is 2. The zero-order valence-electron chi connectivity index (χ0n) is 15.5. The number of unbranched alkanes of at least 4 members (excludes halogenated alkanes) is 6. The van der Waals surface area contributed by atoms with E-state index >= 15 is 0 Å². The van der Waals surface area contributed by atoms with Gasteiger partial charge in [-0.25, -0.2) is 0 Å². The first-order valence-electron chi connectivity index (χ1n) is 9.84. The van der Waals surface area contributed by atoms with E-state index in [1.807, 2.05) is 0 Å². The van der Waals surface area contributed by atoms with E-state index in [0.29, 0.717) is 5.92 Å². The summed E-state index contributed by atoms with van der Waals surface area (Å²) in [6.45, 7) is 2.17. The summed E-state index contributed by atoms with van der Waals surface area (Å²) in [5, 5.41) is 18.1. The smallest absolute Gasteiger partial charge is 0.307 e. The molecule has 4 heteroatoms. The second kappa shape index (κ2) is 12.7. The van der Waals surface area contributed by atoms with E-state index in [-0.39, 0.29) is 18.3 Å². The minimum atomic E-state index is -0.714. The Morgan fingerprint density at radius 3 is 2.44 bits per heavy atom. The molecular weight excluding hydrogens is 316 g/mol. The highest BCUT2D eigenvalue weighted by atomic mass is 16.4. The third-order valence-electron chi connectivity index (χ3n) is 4.99. The highest BCUT2D eigenvalue weighted by Crippen LogP contribution is 2.32. The number of hydrogen-bond donors (Lipinski definition) is 2. The van der Waals surface area contributed by atoms with E-state index in [1.165, 1.54) is 0 Å². The summed E-state index contributed by atoms with van der Waals surface area (Å²) in [6, 6.07) is 0. The van der Waals surface area contributed by atoms with E-state index in [4.69, 9.17) is 5.11 Å². The summed E-state index contributed by atoms with van der Waals surface area (Å²) in [5.74, 6) is -1.26. The maximum absolute atomic E-state index is 11.6. The van der Waals surface area contributed by atoms with Crippen LogP contribution in [0.4, 0.5) is 0 Å². The fourth-order valence-electron chi connectivity index (χ4n) is 3.45. The first-order chi connectivity index (χ1) is 12.0. The van der Waals surface area contributed by atoms with Crippen LogP contribution in [0.5, 0.6) is 0 Å². The Hall–Kier alpha value is -1.58. The number of carbonyl (C=O) groups is 2. The van der Waals surface area contributed by atoms with Crippen molar-refractivity contribution in [3.63, 3.8) is 0 Å². The standard InChI is InChI=1S/C21H34O4/c1-2-3-11-17-14-15-18(19(16-17)21(24)25)12-9-7-5-4-6-8-10-13-20(22)23/h9,12,14-15,17-19H,2-8,10-11,13,16H2,1H3,(H,22,23)(H,24,25)/b12-9-/t17-,18+,19-/m0/s1. The van der Waals surface area contributed by atoms with Crippen LogP contribution in [0.15, 0.2) is 24.3 Å². The summed E-state index contributed by atoms with van der Waals surface area (Å²) in [7, 11) is 0. The van der Waals surface area contributed by atoms with E-state index in [0.717, 1.165) is 64.2 Å². The molecule has 0 saturated heterocycles. The van der Waals surface area contributed by atoms with Crippen molar-refractivity contribution in [3.05, 3.63) is 24.3 Å². The van der Waals surface area contributed by atoms with Crippen molar-refractivity contribution < 1.29 is 19.8 Å². The Morgan fingerprint density at radius 1 is 1.04 bits per heavy atom. The highest BCUT2D eigenvalue weighted by Gasteiger charge is 2.30. The van der Waals surface area contributed by atoms with Gasteiger partial charge in [-0.15, -0.1) is 0 Å². The van der Waals surface area contributed by atoms with Gasteiger partial charge in [0.2, 0.25) is 0 Å². The normalized spacial score (nSPS) is 23.2. The Balaban J connectivity index is 2.27. The molecule has 0 heterocycles. The zero-order chi connectivity index (χ0) is 18.5. The van der Waals surface area contributed by atoms with Gasteiger partial charge < -0.3 is 10.2 Å². The van der Waals surface area contributed by atoms with Gasteiger partial charge in [0.25, 0.3) is 0 Å². The second-order valence-electron chi connectivity index (χ2n) is 7.17. The van der Waals surface area contributed by atoms with E-state index in [9.17, 15) is 14.7 Å². The molecule has 1 rings (SSSR count). The van der Waals surface area contributed by atoms with Crippen LogP contribution in [0.3, 0.4) is 0 Å². The molecule has 4 nitrogen and oxygen atoms in total. The summed E-state index contributed by atoms with van der Waals surface area (Å²) >= 11 is 0. The number of allylic oxidation sites excluding steroid dienone is 4. The summed E-state index contributed by atoms with van der Waals surface area (Å²) in [5.41, 5.74) is 0. The van der Waals surface area contributed by atoms with Crippen molar-refractivity contribution >= 4 is 11.9 Å². The monoisotopic (exact) mass is 350 g/mol. The lowest BCUT2D eigenvalue weighted by molar-refractivity contribution is -0.143. The number of hydrogen-bond acceptors (Lipinski definition) is 2. The average molecular weight is 350 g/mol. The van der Waals surface area contributed by atoms with E-state index < -0.39 is 11.9 Å². The lowest BCUT2D eigenvalue weighted by atomic mass is 9.77. The van der Waals surface area contributed by atoms with Crippen molar-refractivity contribution in [2.24, 2.45) is 17.8 Å². The average Bonchev–Trinajstić information content (AvgIpc) is 2.58. The predicted octanol–water partition coefficient (Wildman–Crippen LogP) is 5.44. The molecule has 0 aromatic carbocycles. The van der Waals surface area contributed by atoms with Gasteiger partial charge in [0, 0.05) is 12.3 Å². The van der Waals surface area contributed by atoms with Crippen molar-refractivity contribution in [2.75, 3.05) is 0 Å². The largest absolute Gasteiger partial charge is 0.481 e. The summed E-state index contributed by atoms with van der Waals surface area (Å²) in [4.78, 5) is 22.0. The molecule has 0 bridgehead atoms. The maximum atomic E-state index is 11.6. The summed E-state index contributed by atoms with van der Waals surface area (Å²) in [6.07, 6.45) is 18.9. The van der Waals surface area contributed by atoms with Crippen LogP contribution in [0.2, 0.25) is 0 Å². The van der Waals surface area contributed by atoms with Crippen LogP contribution < -0.4 is 0 Å². The van der Waals surface area contributed by atoms with Gasteiger partial charge in [0.1, 0.15) is 0 Å². The third kappa shape index (κ3) is 9.47. The first-order valence-corrected chi connectivity index (χ1v) is 9.84. The van der Waals surface area contributed by atoms with Gasteiger partial charge in [-0.2, -0.15) is 0 Å². The Kier molecular flexibility index (Phi) is 10.9. The SMILES string of the molecule is CCCC[C@H]1C=C[C@@H](/C=C\CCCCCCCC(=O)O)[C@@H](C(=O)O)C1. The topological polar surface area (TPSA) is 74.6 Å². The van der Waals surface area contributed by atoms with E-state index in [2.05, 4.69) is 31.2 Å². The molecule has 1 aliphatic carbocycles. The van der Waals surface area contributed by atoms with Gasteiger partial charge in [-0.1, -0.05) is 63.3 Å². The molecular formula is C21H34O4. The molecule has 1 aliphatic rings. The molecule has 0 spiro atoms. The first kappa shape index (κ1) is 21.5. The fraction of sp³-hybridized carbons (Fsp3) is 0.714. The molecule has 0 saturated carbocycles. The minimum Gasteiger partial charge on any atom is -0.481 e. The van der Waals surface area contributed by atoms with Gasteiger partial charge in [0.05, 0.1) is 5.92 Å². The molecule has 0 aromatic rings. The second-order valence-corrected chi connectivity index (χ2v) is 7.17. The van der Waals surface area contributed by atoms with Crippen molar-refractivity contribution in [2.45, 2.75) is 77.6 Å². The lowest BCUT2D eigenvalue weighted by Crippen LogP contribution is -2.26. The molecule has 0 radical (unpaired) electrons. The Labute approximate surface area is 152 Å². The maximum Gasteiger partial charge on any atom is 0.307 e. The summed E-state index contributed by atoms with van der Waals surface area (Å²) < 4.78 is 0. The zero-order valence-corrected chi connectivity index (χ0v) is 15.5. The number of carboxylic acids is 2. The molecule has 142 valence electrons. The quantitative estimate of drug-likeness (QED) is 0.342. The number of aliphatic carboxylic acids is 2. The molecule has 0 amide bonds. The van der Waals surface area contributed by atoms with Gasteiger partial charge in [0.15, 0.2) is 0 Å². The van der Waals surface area contributed by atoms with Crippen LogP contribution >= 0.6 is 0 Å². The van der Waals surface area contributed by atoms with Crippen molar-refractivity contribution in [1.29, 1.82) is 0 Å². The molecule has 2 N–H and O–H groups in total. The van der Waals surface area contributed by atoms with Gasteiger partial charge in [-0.3, -0.25) is 9.59 Å². The van der Waals surface area contributed by atoms with Crippen LogP contribution in [-0.2, 0) is 9.59 Å². The van der Waals surface area contributed by atoms with Gasteiger partial charge >= 0.3 is 11.9 Å². The van der Waals surface area contributed by atoms with Gasteiger partial charge in [-0.05, 0) is 38.0 Å².